The molecule has 0 saturated heterocycles. The highest BCUT2D eigenvalue weighted by atomic mass is 79.9. The molecule has 0 bridgehead atoms. The van der Waals surface area contributed by atoms with Gasteiger partial charge in [-0.05, 0) is 37.9 Å². The maximum Gasteiger partial charge on any atom is 0.332 e. The summed E-state index contributed by atoms with van der Waals surface area (Å²) in [6.07, 6.45) is 1.93. The number of carbonyl (C=O) groups excluding carboxylic acids is 1. The number of hydrogen-bond donors (Lipinski definition) is 1. The molecule has 1 aromatic heterocycles. The van der Waals surface area contributed by atoms with Gasteiger partial charge in [0.2, 0.25) is 6.41 Å². The lowest BCUT2D eigenvalue weighted by molar-refractivity contribution is -0.146. The maximum absolute atomic E-state index is 11.1. The number of carbonyl (C=O) groups is 2. The molecule has 0 fully saturated rings. The van der Waals surface area contributed by atoms with Gasteiger partial charge in [-0.2, -0.15) is 0 Å². The number of nitrogens with zero attached hydrogens (tertiary/aromatic N) is 2. The molecule has 1 atom stereocenters. The minimum atomic E-state index is -1.13. The highest BCUT2D eigenvalue weighted by molar-refractivity contribution is 9.11. The van der Waals surface area contributed by atoms with Gasteiger partial charge in [-0.3, -0.25) is 9.78 Å². The van der Waals surface area contributed by atoms with Crippen LogP contribution in [0.15, 0.2) is 21.2 Å². The van der Waals surface area contributed by atoms with E-state index in [2.05, 4.69) is 36.8 Å². The topological polar surface area (TPSA) is 70.5 Å². The zero-order chi connectivity index (χ0) is 12.3. The zero-order valence-corrected chi connectivity index (χ0v) is 11.4. The molecule has 5 nitrogen and oxygen atoms in total. The summed E-state index contributed by atoms with van der Waals surface area (Å²) in [4.78, 5) is 26.7. The van der Waals surface area contributed by atoms with Crippen LogP contribution in [0.3, 0.4) is 0 Å². The third kappa shape index (κ3) is 2.79. The fourth-order valence-corrected chi connectivity index (χ4v) is 2.38. The third-order valence-electron chi connectivity index (χ3n) is 1.90. The van der Waals surface area contributed by atoms with Crippen LogP contribution in [0.1, 0.15) is 11.7 Å². The summed E-state index contributed by atoms with van der Waals surface area (Å²) in [7, 11) is 1.39. The number of aromatic nitrogens is 1. The van der Waals surface area contributed by atoms with Gasteiger partial charge in [0.05, 0.1) is 5.69 Å². The van der Waals surface area contributed by atoms with Crippen molar-refractivity contribution in [1.29, 1.82) is 0 Å². The molecule has 1 heterocycles. The van der Waals surface area contributed by atoms with E-state index in [9.17, 15) is 9.59 Å². The molecule has 1 amide bonds. The van der Waals surface area contributed by atoms with Crippen molar-refractivity contribution in [2.24, 2.45) is 0 Å². The van der Waals surface area contributed by atoms with E-state index in [-0.39, 0.29) is 5.69 Å². The van der Waals surface area contributed by atoms with Crippen LogP contribution in [0.25, 0.3) is 0 Å². The zero-order valence-electron chi connectivity index (χ0n) is 8.22. The van der Waals surface area contributed by atoms with Gasteiger partial charge < -0.3 is 10.0 Å². The van der Waals surface area contributed by atoms with Crippen molar-refractivity contribution >= 4 is 44.2 Å². The first-order chi connectivity index (χ1) is 7.47. The van der Waals surface area contributed by atoms with Crippen molar-refractivity contribution in [3.8, 4) is 0 Å². The van der Waals surface area contributed by atoms with E-state index in [0.717, 1.165) is 9.37 Å². The normalized spacial score (nSPS) is 11.9. The Labute approximate surface area is 109 Å². The van der Waals surface area contributed by atoms with Gasteiger partial charge in [-0.25, -0.2) is 4.79 Å². The summed E-state index contributed by atoms with van der Waals surface area (Å²) < 4.78 is 1.25. The molecule has 1 rings (SSSR count). The van der Waals surface area contributed by atoms with Crippen molar-refractivity contribution in [1.82, 2.24) is 9.88 Å². The monoisotopic (exact) mass is 350 g/mol. The molecular weight excluding hydrogens is 344 g/mol. The molecule has 86 valence electrons. The smallest absolute Gasteiger partial charge is 0.332 e. The summed E-state index contributed by atoms with van der Waals surface area (Å²) in [5.74, 6) is -1.13. The summed E-state index contributed by atoms with van der Waals surface area (Å²) in [5, 5.41) is 9.05. The van der Waals surface area contributed by atoms with Crippen LogP contribution >= 0.6 is 31.9 Å². The highest BCUT2D eigenvalue weighted by Gasteiger charge is 2.27. The molecule has 0 spiro atoms. The van der Waals surface area contributed by atoms with Crippen molar-refractivity contribution in [3.63, 3.8) is 0 Å². The SMILES string of the molecule is CN(C=O)C(C(=O)O)c1ncc(Br)cc1Br. The summed E-state index contributed by atoms with van der Waals surface area (Å²) in [5.41, 5.74) is 0.283. The number of carboxylic acids is 1. The molecule has 0 aromatic carbocycles. The minimum absolute atomic E-state index is 0.283. The largest absolute Gasteiger partial charge is 0.479 e. The Kier molecular flexibility index (Phi) is 4.43. The fourth-order valence-electron chi connectivity index (χ4n) is 1.17. The van der Waals surface area contributed by atoms with Crippen molar-refractivity contribution in [3.05, 3.63) is 26.9 Å². The Hall–Kier alpha value is -0.950. The molecule has 7 heteroatoms. The van der Waals surface area contributed by atoms with Crippen LogP contribution in [0.4, 0.5) is 0 Å². The van der Waals surface area contributed by atoms with Crippen molar-refractivity contribution < 1.29 is 14.7 Å². The molecule has 0 saturated carbocycles. The average Bonchev–Trinajstić information content (AvgIpc) is 2.21. The molecule has 0 aliphatic carbocycles. The predicted molar refractivity (Wildman–Crippen MR) is 63.8 cm³/mol. The maximum atomic E-state index is 11.1. The number of amides is 1. The second-order valence-electron chi connectivity index (χ2n) is 3.03. The molecule has 16 heavy (non-hydrogen) atoms. The van der Waals surface area contributed by atoms with Gasteiger partial charge in [-0.1, -0.05) is 0 Å². The Morgan fingerprint density at radius 1 is 1.62 bits per heavy atom. The molecule has 0 aliphatic rings. The van der Waals surface area contributed by atoms with Crippen LogP contribution in [-0.4, -0.2) is 34.4 Å². The van der Waals surface area contributed by atoms with E-state index < -0.39 is 12.0 Å². The number of pyridine rings is 1. The standard InChI is InChI=1S/C9H8Br2N2O3/c1-13(4-14)8(9(15)16)7-6(11)2-5(10)3-12-7/h2-4,8H,1H3,(H,15,16). The number of hydrogen-bond acceptors (Lipinski definition) is 3. The Balaban J connectivity index is 3.21. The molecule has 1 aromatic rings. The second-order valence-corrected chi connectivity index (χ2v) is 4.80. The van der Waals surface area contributed by atoms with E-state index in [1.54, 1.807) is 6.07 Å². The average molecular weight is 352 g/mol. The molecule has 1 unspecified atom stereocenters. The minimum Gasteiger partial charge on any atom is -0.479 e. The van der Waals surface area contributed by atoms with Gasteiger partial charge in [0.1, 0.15) is 0 Å². The fraction of sp³-hybridized carbons (Fsp3) is 0.222. The number of likely N-dealkylation sites (N-methyl/N-ethyl adjacent to an activating group) is 1. The van der Waals surface area contributed by atoms with E-state index in [1.165, 1.54) is 13.2 Å². The molecule has 0 radical (unpaired) electrons. The Morgan fingerprint density at radius 2 is 2.25 bits per heavy atom. The lowest BCUT2D eigenvalue weighted by atomic mass is 10.2. The number of rotatable bonds is 4. The van der Waals surface area contributed by atoms with Crippen LogP contribution in [0.5, 0.6) is 0 Å². The van der Waals surface area contributed by atoms with Crippen molar-refractivity contribution in [2.75, 3.05) is 7.05 Å². The highest BCUT2D eigenvalue weighted by Crippen LogP contribution is 2.27. The molecular formula is C9H8Br2N2O3. The van der Waals surface area contributed by atoms with Gasteiger partial charge >= 0.3 is 5.97 Å². The van der Waals surface area contributed by atoms with E-state index in [4.69, 9.17) is 5.11 Å². The van der Waals surface area contributed by atoms with Gasteiger partial charge in [0, 0.05) is 22.2 Å². The predicted octanol–water partition coefficient (Wildman–Crippen LogP) is 1.82. The third-order valence-corrected chi connectivity index (χ3v) is 2.97. The Bertz CT molecular complexity index is 425. The summed E-state index contributed by atoms with van der Waals surface area (Å²) >= 11 is 6.43. The van der Waals surface area contributed by atoms with Crippen LogP contribution in [0, 0.1) is 0 Å². The van der Waals surface area contributed by atoms with Gasteiger partial charge in [-0.15, -0.1) is 0 Å². The van der Waals surface area contributed by atoms with Gasteiger partial charge in [0.15, 0.2) is 6.04 Å². The Morgan fingerprint density at radius 3 is 2.69 bits per heavy atom. The summed E-state index contributed by atoms with van der Waals surface area (Å²) in [6.45, 7) is 0. The van der Waals surface area contributed by atoms with Crippen molar-refractivity contribution in [2.45, 2.75) is 6.04 Å². The quantitative estimate of drug-likeness (QED) is 0.840. The second kappa shape index (κ2) is 5.40. The first kappa shape index (κ1) is 13.1. The lowest BCUT2D eigenvalue weighted by Gasteiger charge is -2.20. The number of carboxylic acid groups (broad SMARTS) is 1. The van der Waals surface area contributed by atoms with Crippen LogP contribution in [0.2, 0.25) is 0 Å². The van der Waals surface area contributed by atoms with E-state index in [1.807, 2.05) is 0 Å². The first-order valence-corrected chi connectivity index (χ1v) is 5.77. The molecule has 1 N–H and O–H groups in total. The van der Waals surface area contributed by atoms with Crippen LogP contribution in [-0.2, 0) is 9.59 Å². The van der Waals surface area contributed by atoms with Gasteiger partial charge in [0.25, 0.3) is 0 Å². The number of halogens is 2. The van der Waals surface area contributed by atoms with E-state index in [0.29, 0.717) is 10.9 Å². The first-order valence-electron chi connectivity index (χ1n) is 4.18. The summed E-state index contributed by atoms with van der Waals surface area (Å²) in [6, 6.07) is 0.580. The lowest BCUT2D eigenvalue weighted by Crippen LogP contribution is -2.30. The van der Waals surface area contributed by atoms with E-state index >= 15 is 0 Å². The molecule has 0 aliphatic heterocycles. The number of aliphatic carboxylic acids is 1. The van der Waals surface area contributed by atoms with Crippen LogP contribution < -0.4 is 0 Å².